The quantitative estimate of drug-likeness (QED) is 0.759. The van der Waals surface area contributed by atoms with Gasteiger partial charge in [0.1, 0.15) is 0 Å². The van der Waals surface area contributed by atoms with Crippen LogP contribution in [0.15, 0.2) is 41.8 Å². The standard InChI is InChI=1S/C17H22N2OS/c1-13(15-6-4-3-5-7-15)8-10-18-12-17-16(9-11-21-17)19-14(2)20/h3-7,9,11,13,18H,8,10,12H2,1-2H3,(H,19,20). The number of thiophene rings is 1. The molecule has 1 aromatic carbocycles. The van der Waals surface area contributed by atoms with Crippen molar-refractivity contribution in [3.05, 3.63) is 52.2 Å². The molecular weight excluding hydrogens is 280 g/mol. The van der Waals surface area contributed by atoms with Crippen LogP contribution in [-0.4, -0.2) is 12.5 Å². The van der Waals surface area contributed by atoms with Gasteiger partial charge in [0, 0.05) is 18.3 Å². The summed E-state index contributed by atoms with van der Waals surface area (Å²) < 4.78 is 0. The summed E-state index contributed by atoms with van der Waals surface area (Å²) in [5.74, 6) is 0.532. The van der Waals surface area contributed by atoms with Crippen LogP contribution in [0.3, 0.4) is 0 Å². The van der Waals surface area contributed by atoms with Gasteiger partial charge in [-0.1, -0.05) is 37.3 Å². The normalized spacial score (nSPS) is 12.1. The SMILES string of the molecule is CC(=O)Nc1ccsc1CNCCC(C)c1ccccc1. The molecule has 0 aliphatic rings. The lowest BCUT2D eigenvalue weighted by molar-refractivity contribution is -0.114. The summed E-state index contributed by atoms with van der Waals surface area (Å²) in [6, 6.07) is 12.5. The third kappa shape index (κ3) is 4.99. The van der Waals surface area contributed by atoms with Gasteiger partial charge in [0.05, 0.1) is 5.69 Å². The molecule has 0 radical (unpaired) electrons. The van der Waals surface area contributed by atoms with Crippen molar-refractivity contribution in [1.82, 2.24) is 5.32 Å². The molecule has 4 heteroatoms. The number of nitrogens with one attached hydrogen (secondary N) is 2. The molecular formula is C17H22N2OS. The van der Waals surface area contributed by atoms with E-state index in [1.807, 2.05) is 11.4 Å². The number of hydrogen-bond donors (Lipinski definition) is 2. The number of carbonyl (C=O) groups excluding carboxylic acids is 1. The Bertz CT molecular complexity index is 565. The minimum Gasteiger partial charge on any atom is -0.325 e. The van der Waals surface area contributed by atoms with E-state index in [0.717, 1.165) is 25.2 Å². The summed E-state index contributed by atoms with van der Waals surface area (Å²) in [5, 5.41) is 8.33. The molecule has 1 unspecified atom stereocenters. The molecule has 0 fully saturated rings. The maximum absolute atomic E-state index is 11.1. The molecule has 1 atom stereocenters. The van der Waals surface area contributed by atoms with Gasteiger partial charge in [-0.25, -0.2) is 0 Å². The summed E-state index contributed by atoms with van der Waals surface area (Å²) >= 11 is 1.67. The fraction of sp³-hybridized carbons (Fsp3) is 0.353. The molecule has 21 heavy (non-hydrogen) atoms. The van der Waals surface area contributed by atoms with Crippen LogP contribution in [-0.2, 0) is 11.3 Å². The van der Waals surface area contributed by atoms with E-state index >= 15 is 0 Å². The summed E-state index contributed by atoms with van der Waals surface area (Å²) in [5.41, 5.74) is 2.31. The van der Waals surface area contributed by atoms with Gasteiger partial charge in [0.15, 0.2) is 0 Å². The molecule has 2 aromatic rings. The van der Waals surface area contributed by atoms with Gasteiger partial charge in [-0.15, -0.1) is 11.3 Å². The second kappa shape index (κ2) is 7.96. The smallest absolute Gasteiger partial charge is 0.221 e. The molecule has 1 amide bonds. The van der Waals surface area contributed by atoms with Gasteiger partial charge < -0.3 is 10.6 Å². The first-order valence-corrected chi connectivity index (χ1v) is 8.14. The minimum absolute atomic E-state index is 0.0210. The molecule has 0 saturated carbocycles. The Morgan fingerprint density at radius 3 is 2.71 bits per heavy atom. The summed E-state index contributed by atoms with van der Waals surface area (Å²) in [6.07, 6.45) is 1.10. The van der Waals surface area contributed by atoms with Gasteiger partial charge in [-0.3, -0.25) is 4.79 Å². The van der Waals surface area contributed by atoms with Crippen LogP contribution in [0.2, 0.25) is 0 Å². The number of amides is 1. The maximum Gasteiger partial charge on any atom is 0.221 e. The monoisotopic (exact) mass is 302 g/mol. The second-order valence-electron chi connectivity index (χ2n) is 5.22. The largest absolute Gasteiger partial charge is 0.325 e. The van der Waals surface area contributed by atoms with Crippen LogP contribution in [0.25, 0.3) is 0 Å². The highest BCUT2D eigenvalue weighted by molar-refractivity contribution is 7.10. The Balaban J connectivity index is 1.75. The third-order valence-corrected chi connectivity index (χ3v) is 4.39. The number of rotatable bonds is 7. The lowest BCUT2D eigenvalue weighted by atomic mass is 9.98. The van der Waals surface area contributed by atoms with Crippen molar-refractivity contribution in [3.63, 3.8) is 0 Å². The zero-order valence-electron chi connectivity index (χ0n) is 12.6. The average molecular weight is 302 g/mol. The number of anilines is 1. The first-order valence-electron chi connectivity index (χ1n) is 7.26. The summed E-state index contributed by atoms with van der Waals surface area (Å²) in [6.45, 7) is 5.56. The number of benzene rings is 1. The molecule has 1 aromatic heterocycles. The van der Waals surface area contributed by atoms with E-state index in [1.165, 1.54) is 17.4 Å². The molecule has 0 aliphatic heterocycles. The maximum atomic E-state index is 11.1. The van der Waals surface area contributed by atoms with Crippen LogP contribution < -0.4 is 10.6 Å². The van der Waals surface area contributed by atoms with Gasteiger partial charge in [0.25, 0.3) is 0 Å². The molecule has 112 valence electrons. The highest BCUT2D eigenvalue weighted by atomic mass is 32.1. The Labute approximate surface area is 130 Å². The van der Waals surface area contributed by atoms with Crippen molar-refractivity contribution < 1.29 is 4.79 Å². The van der Waals surface area contributed by atoms with E-state index in [0.29, 0.717) is 5.92 Å². The van der Waals surface area contributed by atoms with Gasteiger partial charge in [-0.2, -0.15) is 0 Å². The number of hydrogen-bond acceptors (Lipinski definition) is 3. The third-order valence-electron chi connectivity index (χ3n) is 3.46. The average Bonchev–Trinajstić information content (AvgIpc) is 2.91. The van der Waals surface area contributed by atoms with E-state index < -0.39 is 0 Å². The van der Waals surface area contributed by atoms with Gasteiger partial charge >= 0.3 is 0 Å². The fourth-order valence-corrected chi connectivity index (χ4v) is 3.05. The first-order chi connectivity index (χ1) is 10.2. The molecule has 3 nitrogen and oxygen atoms in total. The van der Waals surface area contributed by atoms with Crippen LogP contribution in [0.4, 0.5) is 5.69 Å². The fourth-order valence-electron chi connectivity index (χ4n) is 2.25. The molecule has 1 heterocycles. The zero-order chi connectivity index (χ0) is 15.1. The van der Waals surface area contributed by atoms with Crippen LogP contribution in [0.5, 0.6) is 0 Å². The molecule has 0 saturated heterocycles. The minimum atomic E-state index is -0.0210. The van der Waals surface area contributed by atoms with Crippen LogP contribution in [0, 0.1) is 0 Å². The predicted octanol–water partition coefficient (Wildman–Crippen LogP) is 3.99. The molecule has 0 aliphatic carbocycles. The number of carbonyl (C=O) groups is 1. The van der Waals surface area contributed by atoms with Gasteiger partial charge in [-0.05, 0) is 35.9 Å². The van der Waals surface area contributed by atoms with Crippen molar-refractivity contribution in [2.45, 2.75) is 32.7 Å². The summed E-state index contributed by atoms with van der Waals surface area (Å²) in [4.78, 5) is 12.3. The van der Waals surface area contributed by atoms with Crippen LogP contribution in [0.1, 0.15) is 36.6 Å². The van der Waals surface area contributed by atoms with Crippen molar-refractivity contribution in [2.75, 3.05) is 11.9 Å². The second-order valence-corrected chi connectivity index (χ2v) is 6.22. The first kappa shape index (κ1) is 15.7. The highest BCUT2D eigenvalue weighted by Gasteiger charge is 2.07. The van der Waals surface area contributed by atoms with E-state index in [4.69, 9.17) is 0 Å². The van der Waals surface area contributed by atoms with E-state index in [-0.39, 0.29) is 5.91 Å². The molecule has 0 spiro atoms. The van der Waals surface area contributed by atoms with Gasteiger partial charge in [0.2, 0.25) is 5.91 Å². The Kier molecular flexibility index (Phi) is 5.96. The Hall–Kier alpha value is -1.65. The molecule has 2 rings (SSSR count). The van der Waals surface area contributed by atoms with Crippen molar-refractivity contribution in [2.24, 2.45) is 0 Å². The van der Waals surface area contributed by atoms with E-state index in [2.05, 4.69) is 47.9 Å². The van der Waals surface area contributed by atoms with E-state index in [9.17, 15) is 4.79 Å². The molecule has 2 N–H and O–H groups in total. The Morgan fingerprint density at radius 2 is 2.00 bits per heavy atom. The lowest BCUT2D eigenvalue weighted by Crippen LogP contribution is -2.17. The van der Waals surface area contributed by atoms with Crippen molar-refractivity contribution >= 4 is 22.9 Å². The van der Waals surface area contributed by atoms with E-state index in [1.54, 1.807) is 11.3 Å². The zero-order valence-corrected chi connectivity index (χ0v) is 13.4. The predicted molar refractivity (Wildman–Crippen MR) is 89.8 cm³/mol. The topological polar surface area (TPSA) is 41.1 Å². The van der Waals surface area contributed by atoms with Crippen molar-refractivity contribution in [1.29, 1.82) is 0 Å². The van der Waals surface area contributed by atoms with Crippen LogP contribution >= 0.6 is 11.3 Å². The molecule has 0 bridgehead atoms. The highest BCUT2D eigenvalue weighted by Crippen LogP contribution is 2.22. The summed E-state index contributed by atoms with van der Waals surface area (Å²) in [7, 11) is 0. The Morgan fingerprint density at radius 1 is 1.24 bits per heavy atom. The lowest BCUT2D eigenvalue weighted by Gasteiger charge is -2.12. The van der Waals surface area contributed by atoms with Crippen molar-refractivity contribution in [3.8, 4) is 0 Å².